The molecule has 2 heterocycles. The van der Waals surface area contributed by atoms with Gasteiger partial charge in [0, 0.05) is 5.75 Å². The van der Waals surface area contributed by atoms with Crippen LogP contribution in [0.25, 0.3) is 0 Å². The molecule has 0 saturated heterocycles. The fourth-order valence-electron chi connectivity index (χ4n) is 2.39. The van der Waals surface area contributed by atoms with E-state index in [4.69, 9.17) is 0 Å². The van der Waals surface area contributed by atoms with Crippen LogP contribution in [-0.2, 0) is 4.79 Å². The molecule has 0 bridgehead atoms. The Morgan fingerprint density at radius 1 is 1.24 bits per heavy atom. The van der Waals surface area contributed by atoms with Gasteiger partial charge in [0.05, 0.1) is 11.1 Å². The maximum absolute atomic E-state index is 12.4. The van der Waals surface area contributed by atoms with Crippen LogP contribution in [0, 0.1) is 0 Å². The third-order valence-electron chi connectivity index (χ3n) is 3.66. The van der Waals surface area contributed by atoms with E-state index in [1.165, 1.54) is 18.3 Å². The molecule has 2 aromatic rings. The molecule has 1 aromatic heterocycles. The summed E-state index contributed by atoms with van der Waals surface area (Å²) in [6, 6.07) is 5.61. The molecule has 0 aliphatic carbocycles. The summed E-state index contributed by atoms with van der Waals surface area (Å²) in [6.45, 7) is 3.59. The van der Waals surface area contributed by atoms with E-state index in [-0.39, 0.29) is 0 Å². The van der Waals surface area contributed by atoms with Gasteiger partial charge in [-0.1, -0.05) is 42.2 Å². The first-order valence-corrected chi connectivity index (χ1v) is 9.57. The lowest BCUT2D eigenvalue weighted by Gasteiger charge is -2.20. The number of hydrogen-bond acceptors (Lipinski definition) is 7. The number of fused-ring (bicyclic) bond motifs is 1. The van der Waals surface area contributed by atoms with Crippen molar-refractivity contribution in [2.75, 3.05) is 11.1 Å². The lowest BCUT2D eigenvalue weighted by molar-refractivity contribution is -0.119. The maximum atomic E-state index is 12.4. The molecule has 130 valence electrons. The molecular weight excluding hydrogens is 360 g/mol. The average Bonchev–Trinajstić information content (AvgIpc) is 3.16. The first-order chi connectivity index (χ1) is 12.0. The van der Waals surface area contributed by atoms with Crippen molar-refractivity contribution in [3.05, 3.63) is 35.4 Å². The van der Waals surface area contributed by atoms with Gasteiger partial charge in [-0.05, 0) is 25.5 Å². The molecule has 3 amide bonds. The number of imide groups is 1. The van der Waals surface area contributed by atoms with Gasteiger partial charge >= 0.3 is 0 Å². The number of amides is 3. The van der Waals surface area contributed by atoms with Gasteiger partial charge < -0.3 is 0 Å². The van der Waals surface area contributed by atoms with E-state index < -0.39 is 23.8 Å². The Hall–Kier alpha value is -2.26. The van der Waals surface area contributed by atoms with Gasteiger partial charge in [-0.3, -0.25) is 24.6 Å². The molecule has 0 saturated carbocycles. The summed E-state index contributed by atoms with van der Waals surface area (Å²) < 4.78 is 0.769. The van der Waals surface area contributed by atoms with Crippen molar-refractivity contribution in [3.63, 3.8) is 0 Å². The van der Waals surface area contributed by atoms with E-state index >= 15 is 0 Å². The van der Waals surface area contributed by atoms with Crippen molar-refractivity contribution in [1.29, 1.82) is 0 Å². The highest BCUT2D eigenvalue weighted by molar-refractivity contribution is 8.01. The molecule has 25 heavy (non-hydrogen) atoms. The number of carbonyl (C=O) groups is 3. The average molecular weight is 376 g/mol. The van der Waals surface area contributed by atoms with Gasteiger partial charge in [-0.15, -0.1) is 10.2 Å². The third kappa shape index (κ3) is 3.42. The smallest absolute Gasteiger partial charge is 0.262 e. The van der Waals surface area contributed by atoms with E-state index in [0.717, 1.165) is 21.4 Å². The minimum atomic E-state index is -0.942. The van der Waals surface area contributed by atoms with Crippen LogP contribution >= 0.6 is 23.1 Å². The molecule has 0 fully saturated rings. The SMILES string of the molecule is CCCSc1nnc(NC(=O)C(C)N2C(=O)c3ccccc3C2=O)s1. The van der Waals surface area contributed by atoms with Crippen LogP contribution in [0.2, 0.25) is 0 Å². The predicted molar refractivity (Wildman–Crippen MR) is 96.0 cm³/mol. The number of anilines is 1. The maximum Gasteiger partial charge on any atom is 0.262 e. The number of carbonyl (C=O) groups excluding carboxylic acids is 3. The Morgan fingerprint density at radius 2 is 1.88 bits per heavy atom. The van der Waals surface area contributed by atoms with E-state index in [1.807, 2.05) is 0 Å². The van der Waals surface area contributed by atoms with Crippen molar-refractivity contribution in [2.24, 2.45) is 0 Å². The van der Waals surface area contributed by atoms with Crippen molar-refractivity contribution >= 4 is 46.0 Å². The molecule has 9 heteroatoms. The van der Waals surface area contributed by atoms with Gasteiger partial charge in [0.1, 0.15) is 6.04 Å². The van der Waals surface area contributed by atoms with Crippen LogP contribution in [0.15, 0.2) is 28.6 Å². The summed E-state index contributed by atoms with van der Waals surface area (Å²) in [7, 11) is 0. The highest BCUT2D eigenvalue weighted by Gasteiger charge is 2.40. The quantitative estimate of drug-likeness (QED) is 0.473. The Balaban J connectivity index is 1.70. The van der Waals surface area contributed by atoms with Gasteiger partial charge in [0.2, 0.25) is 11.0 Å². The zero-order chi connectivity index (χ0) is 18.0. The zero-order valence-corrected chi connectivity index (χ0v) is 15.3. The summed E-state index contributed by atoms with van der Waals surface area (Å²) >= 11 is 2.84. The summed E-state index contributed by atoms with van der Waals surface area (Å²) in [5.41, 5.74) is 0.641. The fraction of sp³-hybridized carbons (Fsp3) is 0.312. The number of nitrogens with zero attached hydrogens (tertiary/aromatic N) is 3. The molecule has 1 atom stereocenters. The monoisotopic (exact) mass is 376 g/mol. The topological polar surface area (TPSA) is 92.3 Å². The van der Waals surface area contributed by atoms with Crippen molar-refractivity contribution < 1.29 is 14.4 Å². The molecule has 0 radical (unpaired) electrons. The van der Waals surface area contributed by atoms with Gasteiger partial charge in [-0.25, -0.2) is 0 Å². The highest BCUT2D eigenvalue weighted by Crippen LogP contribution is 2.27. The largest absolute Gasteiger partial charge is 0.299 e. The van der Waals surface area contributed by atoms with Gasteiger partial charge in [0.25, 0.3) is 11.8 Å². The summed E-state index contributed by atoms with van der Waals surface area (Å²) in [4.78, 5) is 38.3. The number of aromatic nitrogens is 2. The number of rotatable bonds is 6. The molecule has 1 N–H and O–H groups in total. The van der Waals surface area contributed by atoms with Crippen LogP contribution < -0.4 is 5.32 Å². The molecule has 1 aliphatic rings. The van der Waals surface area contributed by atoms with Gasteiger partial charge in [-0.2, -0.15) is 0 Å². The summed E-state index contributed by atoms with van der Waals surface area (Å²) in [5.74, 6) is -0.467. The van der Waals surface area contributed by atoms with E-state index in [9.17, 15) is 14.4 Å². The summed E-state index contributed by atoms with van der Waals surface area (Å²) in [6.07, 6.45) is 1.02. The van der Waals surface area contributed by atoms with Crippen molar-refractivity contribution in [1.82, 2.24) is 15.1 Å². The standard InChI is InChI=1S/C16H16N4O3S2/c1-3-8-24-16-19-18-15(25-16)17-12(21)9(2)20-13(22)10-6-4-5-7-11(10)14(20)23/h4-7,9H,3,8H2,1-2H3,(H,17,18,21). The Morgan fingerprint density at radius 3 is 2.48 bits per heavy atom. The normalized spacial score (nSPS) is 14.6. The first kappa shape index (κ1) is 17.6. The minimum absolute atomic E-state index is 0.321. The number of benzene rings is 1. The molecule has 3 rings (SSSR count). The van der Waals surface area contributed by atoms with E-state index in [1.54, 1.807) is 36.0 Å². The Kier molecular flexibility index (Phi) is 5.14. The number of thioether (sulfide) groups is 1. The number of nitrogens with one attached hydrogen (secondary N) is 1. The van der Waals surface area contributed by atoms with Gasteiger partial charge in [0.15, 0.2) is 4.34 Å². The first-order valence-electron chi connectivity index (χ1n) is 7.77. The van der Waals surface area contributed by atoms with Crippen molar-refractivity contribution in [3.8, 4) is 0 Å². The van der Waals surface area contributed by atoms with Crippen LogP contribution in [0.3, 0.4) is 0 Å². The lowest BCUT2D eigenvalue weighted by Crippen LogP contribution is -2.45. The second kappa shape index (κ2) is 7.32. The molecular formula is C16H16N4O3S2. The molecule has 1 aromatic carbocycles. The number of hydrogen-bond donors (Lipinski definition) is 1. The molecule has 7 nitrogen and oxygen atoms in total. The minimum Gasteiger partial charge on any atom is -0.299 e. The van der Waals surface area contributed by atoms with Crippen LogP contribution in [0.1, 0.15) is 41.0 Å². The predicted octanol–water partition coefficient (Wildman–Crippen LogP) is 2.66. The highest BCUT2D eigenvalue weighted by atomic mass is 32.2. The third-order valence-corrected chi connectivity index (χ3v) is 5.84. The lowest BCUT2D eigenvalue weighted by atomic mass is 10.1. The summed E-state index contributed by atoms with van der Waals surface area (Å²) in [5, 5.41) is 10.9. The fourth-order valence-corrected chi connectivity index (χ4v) is 4.07. The van der Waals surface area contributed by atoms with Crippen LogP contribution in [0.5, 0.6) is 0 Å². The Bertz CT molecular complexity index is 801. The van der Waals surface area contributed by atoms with Crippen LogP contribution in [0.4, 0.5) is 5.13 Å². The molecule has 1 aliphatic heterocycles. The zero-order valence-electron chi connectivity index (χ0n) is 13.7. The van der Waals surface area contributed by atoms with E-state index in [2.05, 4.69) is 22.4 Å². The van der Waals surface area contributed by atoms with E-state index in [0.29, 0.717) is 16.3 Å². The van der Waals surface area contributed by atoms with Crippen molar-refractivity contribution in [2.45, 2.75) is 30.6 Å². The second-order valence-corrected chi connectivity index (χ2v) is 7.73. The Labute approximate surface area is 152 Å². The second-order valence-electron chi connectivity index (χ2n) is 5.41. The molecule has 0 spiro atoms. The van der Waals surface area contributed by atoms with Crippen LogP contribution in [-0.4, -0.2) is 44.6 Å². The molecule has 1 unspecified atom stereocenters.